The molecule has 1 fully saturated rings. The quantitative estimate of drug-likeness (QED) is 0.521. The van der Waals surface area contributed by atoms with Gasteiger partial charge < -0.3 is 20.1 Å². The minimum Gasteiger partial charge on any atom is -0.484 e. The Labute approximate surface area is 204 Å². The molecule has 0 unspecified atom stereocenters. The third kappa shape index (κ3) is 5.97. The van der Waals surface area contributed by atoms with Crippen LogP contribution in [0.1, 0.15) is 83.0 Å². The van der Waals surface area contributed by atoms with Gasteiger partial charge in [0.25, 0.3) is 11.8 Å². The largest absolute Gasteiger partial charge is 0.484 e. The number of ether oxygens (including phenoxy) is 2. The summed E-state index contributed by atoms with van der Waals surface area (Å²) in [5.74, 6) is -0.312. The van der Waals surface area contributed by atoms with Crippen LogP contribution in [-0.2, 0) is 22.4 Å². The van der Waals surface area contributed by atoms with Gasteiger partial charge in [0.15, 0.2) is 6.61 Å². The Morgan fingerprint density at radius 1 is 1.00 bits per heavy atom. The van der Waals surface area contributed by atoms with Crippen LogP contribution in [-0.4, -0.2) is 37.0 Å². The van der Waals surface area contributed by atoms with Crippen LogP contribution in [0.2, 0.25) is 0 Å². The van der Waals surface area contributed by atoms with E-state index in [1.54, 1.807) is 31.2 Å². The molecule has 0 spiro atoms. The van der Waals surface area contributed by atoms with Crippen LogP contribution in [0.3, 0.4) is 0 Å². The third-order valence-corrected chi connectivity index (χ3v) is 7.54. The summed E-state index contributed by atoms with van der Waals surface area (Å²) in [6.07, 6.45) is 9.49. The molecule has 1 aromatic carbocycles. The molecule has 2 aliphatic carbocycles. The molecule has 2 aliphatic rings. The fraction of sp³-hybridized carbons (Fsp3) is 0.500. The van der Waals surface area contributed by atoms with Crippen LogP contribution in [0.4, 0.5) is 5.00 Å². The van der Waals surface area contributed by atoms with E-state index < -0.39 is 0 Å². The Morgan fingerprint density at radius 3 is 2.47 bits per heavy atom. The second-order valence-electron chi connectivity index (χ2n) is 8.81. The van der Waals surface area contributed by atoms with E-state index in [-0.39, 0.29) is 37.0 Å². The van der Waals surface area contributed by atoms with E-state index in [4.69, 9.17) is 9.47 Å². The number of anilines is 1. The molecule has 2 aromatic rings. The average molecular weight is 485 g/mol. The van der Waals surface area contributed by atoms with E-state index in [9.17, 15) is 14.4 Å². The van der Waals surface area contributed by atoms with Crippen molar-refractivity contribution >= 4 is 34.1 Å². The molecule has 0 atom stereocenters. The fourth-order valence-electron chi connectivity index (χ4n) is 4.60. The Bertz CT molecular complexity index is 1020. The van der Waals surface area contributed by atoms with Crippen LogP contribution in [0.25, 0.3) is 0 Å². The molecule has 1 aromatic heterocycles. The maximum absolute atomic E-state index is 12.6. The minimum atomic E-state index is -0.389. The van der Waals surface area contributed by atoms with Crippen LogP contribution >= 0.6 is 11.3 Å². The lowest BCUT2D eigenvalue weighted by atomic mass is 9.95. The van der Waals surface area contributed by atoms with Crippen LogP contribution < -0.4 is 15.4 Å². The molecule has 2 amide bonds. The zero-order chi connectivity index (χ0) is 23.9. The van der Waals surface area contributed by atoms with Gasteiger partial charge >= 0.3 is 5.97 Å². The van der Waals surface area contributed by atoms with Crippen LogP contribution in [0, 0.1) is 0 Å². The average Bonchev–Trinajstić information content (AvgIpc) is 3.21. The highest BCUT2D eigenvalue weighted by Gasteiger charge is 2.27. The van der Waals surface area contributed by atoms with Crippen molar-refractivity contribution in [1.29, 1.82) is 0 Å². The lowest BCUT2D eigenvalue weighted by Crippen LogP contribution is -2.36. The lowest BCUT2D eigenvalue weighted by molar-refractivity contribution is -0.118. The molecular formula is C26H32N2O5S. The van der Waals surface area contributed by atoms with Crippen molar-refractivity contribution < 1.29 is 23.9 Å². The van der Waals surface area contributed by atoms with Crippen molar-refractivity contribution in [3.05, 3.63) is 45.8 Å². The first kappa shape index (κ1) is 24.3. The first-order chi connectivity index (χ1) is 16.5. The molecule has 8 heteroatoms. The summed E-state index contributed by atoms with van der Waals surface area (Å²) >= 11 is 1.45. The first-order valence-electron chi connectivity index (χ1n) is 12.2. The predicted octanol–water partition coefficient (Wildman–Crippen LogP) is 4.88. The first-order valence-corrected chi connectivity index (χ1v) is 13.0. The van der Waals surface area contributed by atoms with Crippen molar-refractivity contribution in [1.82, 2.24) is 5.32 Å². The monoisotopic (exact) mass is 484 g/mol. The number of rotatable bonds is 8. The van der Waals surface area contributed by atoms with Gasteiger partial charge in [-0.05, 0) is 75.3 Å². The summed E-state index contributed by atoms with van der Waals surface area (Å²) in [6, 6.07) is 7.05. The van der Waals surface area contributed by atoms with Gasteiger partial charge in [0, 0.05) is 16.5 Å². The highest BCUT2D eigenvalue weighted by molar-refractivity contribution is 7.17. The van der Waals surface area contributed by atoms with E-state index in [1.807, 2.05) is 0 Å². The number of aryl methyl sites for hydroxylation is 1. The molecule has 0 bridgehead atoms. The maximum Gasteiger partial charge on any atom is 0.341 e. The molecule has 0 saturated heterocycles. The standard InChI is InChI=1S/C26H32N2O5S/c1-2-32-26(31)23-20-10-6-7-11-21(20)34-25(23)28-22(29)16-33-19-14-12-17(13-15-19)24(30)27-18-8-4-3-5-9-18/h12-15,18H,2-11,16H2,1H3,(H,27,30)(H,28,29). The summed E-state index contributed by atoms with van der Waals surface area (Å²) in [4.78, 5) is 38.7. The van der Waals surface area contributed by atoms with Crippen molar-refractivity contribution in [3.8, 4) is 5.75 Å². The zero-order valence-electron chi connectivity index (χ0n) is 19.6. The van der Waals surface area contributed by atoms with E-state index in [2.05, 4.69) is 10.6 Å². The number of hydrogen-bond acceptors (Lipinski definition) is 6. The second-order valence-corrected chi connectivity index (χ2v) is 9.91. The molecule has 0 aliphatic heterocycles. The van der Waals surface area contributed by atoms with Crippen molar-refractivity contribution in [2.75, 3.05) is 18.5 Å². The number of carbonyl (C=O) groups is 3. The number of thiophene rings is 1. The van der Waals surface area contributed by atoms with E-state index in [0.29, 0.717) is 21.9 Å². The summed E-state index contributed by atoms with van der Waals surface area (Å²) in [5, 5.41) is 6.47. The van der Waals surface area contributed by atoms with Gasteiger partial charge in [0.2, 0.25) is 0 Å². The minimum absolute atomic E-state index is 0.0793. The number of nitrogens with one attached hydrogen (secondary N) is 2. The van der Waals surface area contributed by atoms with Crippen LogP contribution in [0.15, 0.2) is 24.3 Å². The van der Waals surface area contributed by atoms with Gasteiger partial charge in [-0.2, -0.15) is 0 Å². The van der Waals surface area contributed by atoms with Gasteiger partial charge in [0.1, 0.15) is 10.8 Å². The molecular weight excluding hydrogens is 452 g/mol. The highest BCUT2D eigenvalue weighted by atomic mass is 32.1. The molecule has 1 heterocycles. The second kappa shape index (κ2) is 11.5. The van der Waals surface area contributed by atoms with E-state index in [0.717, 1.165) is 61.8 Å². The number of fused-ring (bicyclic) bond motifs is 1. The molecule has 1 saturated carbocycles. The van der Waals surface area contributed by atoms with Crippen molar-refractivity contribution in [2.45, 2.75) is 70.8 Å². The molecule has 34 heavy (non-hydrogen) atoms. The summed E-state index contributed by atoms with van der Waals surface area (Å²) < 4.78 is 10.9. The molecule has 182 valence electrons. The molecule has 0 radical (unpaired) electrons. The molecule has 2 N–H and O–H groups in total. The third-order valence-electron chi connectivity index (χ3n) is 6.33. The van der Waals surface area contributed by atoms with Crippen LogP contribution in [0.5, 0.6) is 5.75 Å². The number of hydrogen-bond donors (Lipinski definition) is 2. The maximum atomic E-state index is 12.6. The van der Waals surface area contributed by atoms with Gasteiger partial charge in [0.05, 0.1) is 12.2 Å². The molecule has 4 rings (SSSR count). The zero-order valence-corrected chi connectivity index (χ0v) is 20.4. The lowest BCUT2D eigenvalue weighted by Gasteiger charge is -2.22. The predicted molar refractivity (Wildman–Crippen MR) is 132 cm³/mol. The molecule has 7 nitrogen and oxygen atoms in total. The van der Waals surface area contributed by atoms with Crippen molar-refractivity contribution in [2.24, 2.45) is 0 Å². The summed E-state index contributed by atoms with van der Waals surface area (Å²) in [5.41, 5.74) is 2.07. The Hall–Kier alpha value is -2.87. The SMILES string of the molecule is CCOC(=O)c1c(NC(=O)COc2ccc(C(=O)NC3CCCCC3)cc2)sc2c1CCCC2. The number of amides is 2. The highest BCUT2D eigenvalue weighted by Crippen LogP contribution is 2.38. The number of carbonyl (C=O) groups excluding carboxylic acids is 3. The Morgan fingerprint density at radius 2 is 1.74 bits per heavy atom. The topological polar surface area (TPSA) is 93.7 Å². The van der Waals surface area contributed by atoms with Gasteiger partial charge in [-0.3, -0.25) is 9.59 Å². The van der Waals surface area contributed by atoms with Crippen molar-refractivity contribution in [3.63, 3.8) is 0 Å². The Kier molecular flexibility index (Phi) is 8.21. The number of benzene rings is 1. The van der Waals surface area contributed by atoms with E-state index in [1.165, 1.54) is 17.8 Å². The summed E-state index contributed by atoms with van der Waals surface area (Å²) in [7, 11) is 0. The Balaban J connectivity index is 1.33. The smallest absolute Gasteiger partial charge is 0.341 e. The fourth-order valence-corrected chi connectivity index (χ4v) is 5.90. The summed E-state index contributed by atoms with van der Waals surface area (Å²) in [6.45, 7) is 1.86. The number of esters is 1. The normalized spacial score (nSPS) is 15.8. The van der Waals surface area contributed by atoms with Gasteiger partial charge in [-0.1, -0.05) is 19.3 Å². The van der Waals surface area contributed by atoms with Gasteiger partial charge in [-0.15, -0.1) is 11.3 Å². The van der Waals surface area contributed by atoms with E-state index >= 15 is 0 Å². The van der Waals surface area contributed by atoms with Gasteiger partial charge in [-0.25, -0.2) is 4.79 Å².